The number of benzene rings is 8. The van der Waals surface area contributed by atoms with E-state index in [0.29, 0.717) is 60.9 Å². The second-order valence-electron chi connectivity index (χ2n) is 27.6. The molecule has 0 bridgehead atoms. The number of rotatable bonds is 41. The highest BCUT2D eigenvalue weighted by Crippen LogP contribution is 2.38. The molecule has 16 heteroatoms. The predicted octanol–water partition coefficient (Wildman–Crippen LogP) is 13.2. The Morgan fingerprint density at radius 1 is 0.276 bits per heavy atom. The minimum Gasteiger partial charge on any atom is -0.491 e. The Bertz CT molecular complexity index is 3400. The van der Waals surface area contributed by atoms with Crippen molar-refractivity contribution >= 4 is 0 Å². The summed E-state index contributed by atoms with van der Waals surface area (Å²) in [6.07, 6.45) is -1.34. The van der Waals surface area contributed by atoms with Crippen molar-refractivity contribution in [2.75, 3.05) is 92.5 Å². The molecule has 6 unspecified atom stereocenters. The molecule has 522 valence electrons. The standard InChI is InChI=1S/C82H98O16/c1-79(2,59-15-31-71(32-16-59)91-49-67(85)51-93-73-35-19-61(20-36-73)81(5,6)63-23-39-75(40-24-63)95-53-77-55-97-77)57-11-27-69(28-12-57)89-47-65(83)45-87-43-9-10-44-88-46-66(84)48-90-70-29-13-58(14-30-70)80(3,4)60-17-33-72(34-18-60)92-50-68(86)52-94-74-37-21-62(22-38-74)82(7,8)64-25-41-76(42-26-64)96-54-78-56-98-78/h11-42,65-68,77-78,83-86H,9-10,43-56H2,1-8H3. The van der Waals surface area contributed by atoms with Crippen LogP contribution >= 0.6 is 0 Å². The van der Waals surface area contributed by atoms with Crippen LogP contribution in [0, 0.1) is 0 Å². The fraction of sp³-hybridized carbons (Fsp3) is 0.415. The molecule has 8 aromatic rings. The predicted molar refractivity (Wildman–Crippen MR) is 378 cm³/mol. The molecule has 6 atom stereocenters. The van der Waals surface area contributed by atoms with Gasteiger partial charge in [-0.05, 0) is 154 Å². The first-order valence-electron chi connectivity index (χ1n) is 34.1. The van der Waals surface area contributed by atoms with Crippen LogP contribution in [-0.4, -0.2) is 150 Å². The van der Waals surface area contributed by atoms with Gasteiger partial charge in [0.1, 0.15) is 135 Å². The largest absolute Gasteiger partial charge is 0.491 e. The number of hydrogen-bond donors (Lipinski definition) is 4. The SMILES string of the molecule is CC(C)(c1ccc(OCC(O)COCCCCOCC(O)COc2ccc(C(C)(C)c3ccc(OCC(O)COc4ccc(C(C)(C)c5ccc(OCC6CO6)cc5)cc4)cc3)cc2)cc1)c1ccc(OCC(O)COc2ccc(C(C)(C)c3ccc(OCC4CO4)cc3)cc2)cc1. The normalized spacial score (nSPS) is 15.9. The summed E-state index contributed by atoms with van der Waals surface area (Å²) in [7, 11) is 0. The minimum atomic E-state index is -0.827. The maximum absolute atomic E-state index is 10.7. The monoisotopic (exact) mass is 1340 g/mol. The molecule has 2 saturated heterocycles. The summed E-state index contributed by atoms with van der Waals surface area (Å²) in [6, 6.07) is 64.0. The molecule has 2 aliphatic heterocycles. The quantitative estimate of drug-likeness (QED) is 0.0208. The topological polar surface area (TPSA) is 198 Å². The zero-order chi connectivity index (χ0) is 69.1. The van der Waals surface area contributed by atoms with Gasteiger partial charge in [-0.15, -0.1) is 0 Å². The Kier molecular flexibility index (Phi) is 25.2. The van der Waals surface area contributed by atoms with Crippen molar-refractivity contribution in [3.05, 3.63) is 239 Å². The van der Waals surface area contributed by atoms with E-state index in [-0.39, 0.29) is 86.7 Å². The molecular weight excluding hydrogens is 1240 g/mol. The van der Waals surface area contributed by atoms with Crippen LogP contribution in [0.25, 0.3) is 0 Å². The van der Waals surface area contributed by atoms with Crippen LogP contribution in [0.2, 0.25) is 0 Å². The first-order valence-corrected chi connectivity index (χ1v) is 34.1. The van der Waals surface area contributed by atoms with Gasteiger partial charge >= 0.3 is 0 Å². The summed E-state index contributed by atoms with van der Waals surface area (Å²) in [5.74, 6) is 5.62. The third-order valence-corrected chi connectivity index (χ3v) is 18.4. The van der Waals surface area contributed by atoms with E-state index in [4.69, 9.17) is 56.8 Å². The first kappa shape index (κ1) is 72.6. The number of unbranched alkanes of at least 4 members (excludes halogenated alkanes) is 1. The highest BCUT2D eigenvalue weighted by molar-refractivity contribution is 5.46. The van der Waals surface area contributed by atoms with Crippen molar-refractivity contribution in [1.82, 2.24) is 0 Å². The van der Waals surface area contributed by atoms with Crippen molar-refractivity contribution in [1.29, 1.82) is 0 Å². The molecule has 2 heterocycles. The maximum Gasteiger partial charge on any atom is 0.122 e. The lowest BCUT2D eigenvalue weighted by Crippen LogP contribution is -2.25. The van der Waals surface area contributed by atoms with Crippen molar-refractivity contribution in [3.63, 3.8) is 0 Å². The molecule has 98 heavy (non-hydrogen) atoms. The van der Waals surface area contributed by atoms with E-state index >= 15 is 0 Å². The fourth-order valence-electron chi connectivity index (χ4n) is 11.3. The van der Waals surface area contributed by atoms with E-state index < -0.39 is 24.4 Å². The number of ether oxygens (including phenoxy) is 12. The van der Waals surface area contributed by atoms with Gasteiger partial charge in [0.05, 0.1) is 26.4 Å². The highest BCUT2D eigenvalue weighted by Gasteiger charge is 2.29. The summed E-state index contributed by atoms with van der Waals surface area (Å²) < 4.78 is 69.1. The van der Waals surface area contributed by atoms with E-state index in [0.717, 1.165) is 70.9 Å². The van der Waals surface area contributed by atoms with E-state index in [9.17, 15) is 20.4 Å². The number of hydrogen-bond acceptors (Lipinski definition) is 16. The summed E-state index contributed by atoms with van der Waals surface area (Å²) in [4.78, 5) is 0. The van der Waals surface area contributed by atoms with Gasteiger partial charge in [-0.3, -0.25) is 0 Å². The molecule has 10 rings (SSSR count). The molecule has 2 aliphatic rings. The maximum atomic E-state index is 10.7. The average Bonchev–Trinajstić information content (AvgIpc) is 1.69. The molecule has 0 radical (unpaired) electrons. The summed E-state index contributed by atoms with van der Waals surface area (Å²) >= 11 is 0. The van der Waals surface area contributed by atoms with Crippen LogP contribution in [0.4, 0.5) is 0 Å². The van der Waals surface area contributed by atoms with Gasteiger partial charge in [0, 0.05) is 34.9 Å². The summed E-state index contributed by atoms with van der Waals surface area (Å²) in [5.41, 5.74) is 7.90. The molecule has 0 aromatic heterocycles. The summed E-state index contributed by atoms with van der Waals surface area (Å²) in [6.45, 7) is 21.8. The first-order chi connectivity index (χ1) is 47.2. The van der Waals surface area contributed by atoms with Gasteiger partial charge in [0.15, 0.2) is 0 Å². The number of aliphatic hydroxyl groups excluding tert-OH is 4. The second kappa shape index (κ2) is 34.1. The fourth-order valence-corrected chi connectivity index (χ4v) is 11.3. The molecule has 16 nitrogen and oxygen atoms in total. The smallest absolute Gasteiger partial charge is 0.122 e. The van der Waals surface area contributed by atoms with E-state index in [1.54, 1.807) is 0 Å². The Balaban J connectivity index is 0.537. The molecule has 0 saturated carbocycles. The van der Waals surface area contributed by atoms with E-state index in [1.807, 2.05) is 146 Å². The van der Waals surface area contributed by atoms with E-state index in [2.05, 4.69) is 104 Å². The zero-order valence-corrected chi connectivity index (χ0v) is 57.9. The Morgan fingerprint density at radius 2 is 0.439 bits per heavy atom. The third kappa shape index (κ3) is 21.2. The molecule has 2 fully saturated rings. The average molecular weight is 1340 g/mol. The molecule has 8 aromatic carbocycles. The van der Waals surface area contributed by atoms with Crippen LogP contribution in [0.1, 0.15) is 113 Å². The Morgan fingerprint density at radius 3 is 0.612 bits per heavy atom. The lowest BCUT2D eigenvalue weighted by atomic mass is 9.78. The summed E-state index contributed by atoms with van der Waals surface area (Å²) in [5, 5.41) is 42.6. The van der Waals surface area contributed by atoms with Crippen LogP contribution in [0.15, 0.2) is 194 Å². The van der Waals surface area contributed by atoms with Gasteiger partial charge < -0.3 is 77.3 Å². The molecule has 0 aliphatic carbocycles. The lowest BCUT2D eigenvalue weighted by Gasteiger charge is -2.27. The van der Waals surface area contributed by atoms with Crippen LogP contribution in [0.5, 0.6) is 46.0 Å². The van der Waals surface area contributed by atoms with Crippen molar-refractivity contribution in [2.24, 2.45) is 0 Å². The lowest BCUT2D eigenvalue weighted by molar-refractivity contribution is 0.000263. The molecule has 0 spiro atoms. The van der Waals surface area contributed by atoms with Crippen LogP contribution < -0.4 is 37.9 Å². The van der Waals surface area contributed by atoms with Gasteiger partial charge in [-0.2, -0.15) is 0 Å². The van der Waals surface area contributed by atoms with Crippen molar-refractivity contribution in [2.45, 2.75) is 127 Å². The van der Waals surface area contributed by atoms with Gasteiger partial charge in [0.2, 0.25) is 0 Å². The van der Waals surface area contributed by atoms with Crippen LogP contribution in [-0.2, 0) is 40.6 Å². The molecular formula is C82H98O16. The van der Waals surface area contributed by atoms with E-state index in [1.165, 1.54) is 11.1 Å². The van der Waals surface area contributed by atoms with Gasteiger partial charge in [0.25, 0.3) is 0 Å². The van der Waals surface area contributed by atoms with Gasteiger partial charge in [-0.25, -0.2) is 0 Å². The molecule has 0 amide bonds. The Hall–Kier alpha value is -8.16. The highest BCUT2D eigenvalue weighted by atomic mass is 16.6. The minimum absolute atomic E-state index is 0.0831. The third-order valence-electron chi connectivity index (χ3n) is 18.4. The molecule has 4 N–H and O–H groups in total. The van der Waals surface area contributed by atoms with Crippen LogP contribution in [0.3, 0.4) is 0 Å². The number of epoxide rings is 2. The van der Waals surface area contributed by atoms with Crippen molar-refractivity contribution < 1.29 is 77.3 Å². The van der Waals surface area contributed by atoms with Crippen molar-refractivity contribution in [3.8, 4) is 46.0 Å². The second-order valence-corrected chi connectivity index (χ2v) is 27.6. The zero-order valence-electron chi connectivity index (χ0n) is 57.9. The Labute approximate surface area is 578 Å². The number of aliphatic hydroxyl groups is 4. The van der Waals surface area contributed by atoms with Gasteiger partial charge in [-0.1, -0.05) is 152 Å².